The third-order valence-corrected chi connectivity index (χ3v) is 8.88. The number of nitrogens with zero attached hydrogens (tertiary/aromatic N) is 2. The van der Waals surface area contributed by atoms with Crippen molar-refractivity contribution in [2.24, 2.45) is 0 Å². The van der Waals surface area contributed by atoms with Gasteiger partial charge in [0, 0.05) is 51.3 Å². The highest BCUT2D eigenvalue weighted by Crippen LogP contribution is 2.34. The van der Waals surface area contributed by atoms with Crippen LogP contribution in [0, 0.1) is 0 Å². The summed E-state index contributed by atoms with van der Waals surface area (Å²) in [7, 11) is 1.67. The van der Waals surface area contributed by atoms with Gasteiger partial charge in [-0.15, -0.1) is 0 Å². The number of anilines is 1. The Bertz CT molecular complexity index is 1410. The minimum atomic E-state index is -0.933. The van der Waals surface area contributed by atoms with E-state index in [4.69, 9.17) is 18.9 Å². The maximum absolute atomic E-state index is 12.7. The SMILES string of the molecule is COCCCN1C(=O)CCc2ccc(COC3CN(C(=O)O)CCC3c3ccc(OCCCOC(C)c4ccccc4)cc3)cc21. The predicted octanol–water partition coefficient (Wildman–Crippen LogP) is 6.60. The number of hydrogen-bond acceptors (Lipinski definition) is 6. The molecule has 0 aliphatic carbocycles. The van der Waals surface area contributed by atoms with Crippen molar-refractivity contribution in [2.75, 3.05) is 51.5 Å². The first-order valence-corrected chi connectivity index (χ1v) is 16.3. The standard InChI is InChI=1S/C37H46N2O7/c1-27(29-8-4-3-5-9-29)44-22-7-23-45-32-15-12-30(13-16-32)33-18-20-38(37(41)42)25-35(33)46-26-28-10-11-31-14-17-36(40)39(34(31)24-28)19-6-21-43-2/h3-5,8-13,15-16,24,27,33,35H,6-7,14,17-23,25-26H2,1-2H3,(H,41,42). The van der Waals surface area contributed by atoms with E-state index in [9.17, 15) is 14.7 Å². The van der Waals surface area contributed by atoms with Crippen LogP contribution in [-0.4, -0.2) is 74.7 Å². The van der Waals surface area contributed by atoms with Crippen LogP contribution in [0.3, 0.4) is 0 Å². The van der Waals surface area contributed by atoms with E-state index >= 15 is 0 Å². The smallest absolute Gasteiger partial charge is 0.407 e. The van der Waals surface area contributed by atoms with Crippen molar-refractivity contribution >= 4 is 17.7 Å². The first-order chi connectivity index (χ1) is 22.4. The third-order valence-electron chi connectivity index (χ3n) is 8.88. The molecule has 1 saturated heterocycles. The monoisotopic (exact) mass is 630 g/mol. The first kappa shape index (κ1) is 33.4. The second kappa shape index (κ2) is 16.6. The molecule has 2 aliphatic heterocycles. The molecule has 2 heterocycles. The maximum atomic E-state index is 12.7. The van der Waals surface area contributed by atoms with E-state index in [0.717, 1.165) is 53.0 Å². The molecule has 3 aromatic rings. The molecule has 2 aliphatic rings. The Morgan fingerprint density at radius 3 is 2.54 bits per heavy atom. The van der Waals surface area contributed by atoms with Crippen molar-refractivity contribution in [3.63, 3.8) is 0 Å². The summed E-state index contributed by atoms with van der Waals surface area (Å²) >= 11 is 0. The molecule has 0 saturated carbocycles. The van der Waals surface area contributed by atoms with E-state index in [-0.39, 0.29) is 24.0 Å². The van der Waals surface area contributed by atoms with Crippen molar-refractivity contribution in [3.8, 4) is 5.75 Å². The van der Waals surface area contributed by atoms with Crippen molar-refractivity contribution in [1.82, 2.24) is 4.90 Å². The van der Waals surface area contributed by atoms with Crippen LogP contribution in [-0.2, 0) is 32.0 Å². The molecule has 1 N–H and O–H groups in total. The summed E-state index contributed by atoms with van der Waals surface area (Å²) < 4.78 is 23.6. The number of piperidine rings is 1. The van der Waals surface area contributed by atoms with E-state index in [1.165, 1.54) is 4.90 Å². The van der Waals surface area contributed by atoms with Crippen molar-refractivity contribution < 1.29 is 33.6 Å². The van der Waals surface area contributed by atoms with E-state index in [0.29, 0.717) is 58.9 Å². The zero-order valence-electron chi connectivity index (χ0n) is 26.9. The fourth-order valence-corrected chi connectivity index (χ4v) is 6.27. The molecule has 5 rings (SSSR count). The Hall–Kier alpha value is -3.92. The van der Waals surface area contributed by atoms with Crippen LogP contribution in [0.25, 0.3) is 0 Å². The Labute approximate surface area is 272 Å². The van der Waals surface area contributed by atoms with Gasteiger partial charge in [-0.2, -0.15) is 0 Å². The number of amides is 2. The van der Waals surface area contributed by atoms with Gasteiger partial charge in [-0.3, -0.25) is 4.79 Å². The van der Waals surface area contributed by atoms with Crippen LogP contribution in [0.15, 0.2) is 72.8 Å². The van der Waals surface area contributed by atoms with E-state index in [2.05, 4.69) is 37.3 Å². The average Bonchev–Trinajstić information content (AvgIpc) is 3.08. The second-order valence-electron chi connectivity index (χ2n) is 12.0. The maximum Gasteiger partial charge on any atom is 0.407 e. The number of aryl methyl sites for hydroxylation is 1. The van der Waals surface area contributed by atoms with Crippen LogP contribution in [0.5, 0.6) is 5.75 Å². The van der Waals surface area contributed by atoms with Crippen LogP contribution in [0.1, 0.15) is 66.9 Å². The fraction of sp³-hybridized carbons (Fsp3) is 0.459. The molecule has 3 unspecified atom stereocenters. The van der Waals surface area contributed by atoms with E-state index in [1.54, 1.807) is 7.11 Å². The number of likely N-dealkylation sites (tertiary alicyclic amines) is 1. The largest absolute Gasteiger partial charge is 0.494 e. The van der Waals surface area contributed by atoms with Gasteiger partial charge in [-0.05, 0) is 66.6 Å². The van der Waals surface area contributed by atoms with Gasteiger partial charge in [-0.25, -0.2) is 4.79 Å². The molecule has 3 atom stereocenters. The molecular weight excluding hydrogens is 584 g/mol. The van der Waals surface area contributed by atoms with E-state index < -0.39 is 6.09 Å². The summed E-state index contributed by atoms with van der Waals surface area (Å²) in [5.74, 6) is 0.964. The van der Waals surface area contributed by atoms with Crippen LogP contribution < -0.4 is 9.64 Å². The molecule has 2 amide bonds. The number of carboxylic acid groups (broad SMARTS) is 1. The Kier molecular flexibility index (Phi) is 12.1. The lowest BCUT2D eigenvalue weighted by atomic mass is 9.87. The summed E-state index contributed by atoms with van der Waals surface area (Å²) in [5, 5.41) is 9.72. The molecule has 9 heteroatoms. The molecule has 1 fully saturated rings. The van der Waals surface area contributed by atoms with Gasteiger partial charge in [0.2, 0.25) is 5.91 Å². The molecule has 46 heavy (non-hydrogen) atoms. The number of fused-ring (bicyclic) bond motifs is 1. The first-order valence-electron chi connectivity index (χ1n) is 16.3. The highest BCUT2D eigenvalue weighted by molar-refractivity contribution is 5.96. The Balaban J connectivity index is 1.17. The predicted molar refractivity (Wildman–Crippen MR) is 177 cm³/mol. The minimum absolute atomic E-state index is 0.0421. The van der Waals surface area contributed by atoms with Gasteiger partial charge < -0.3 is 33.9 Å². The van der Waals surface area contributed by atoms with Crippen LogP contribution >= 0.6 is 0 Å². The summed E-state index contributed by atoms with van der Waals surface area (Å²) in [6.45, 7) is 5.52. The molecule has 0 spiro atoms. The number of ether oxygens (including phenoxy) is 4. The number of hydrogen-bond donors (Lipinski definition) is 1. The summed E-state index contributed by atoms with van der Waals surface area (Å²) in [6, 6.07) is 24.4. The van der Waals surface area contributed by atoms with Crippen LogP contribution in [0.2, 0.25) is 0 Å². The number of benzene rings is 3. The quantitative estimate of drug-likeness (QED) is 0.189. The normalized spacial score (nSPS) is 18.7. The number of carbonyl (C=O) groups excluding carboxylic acids is 1. The molecule has 0 radical (unpaired) electrons. The zero-order chi connectivity index (χ0) is 32.3. The fourth-order valence-electron chi connectivity index (χ4n) is 6.27. The Morgan fingerprint density at radius 1 is 0.978 bits per heavy atom. The van der Waals surface area contributed by atoms with Crippen molar-refractivity contribution in [2.45, 2.75) is 63.8 Å². The highest BCUT2D eigenvalue weighted by atomic mass is 16.5. The lowest BCUT2D eigenvalue weighted by Gasteiger charge is -2.37. The third kappa shape index (κ3) is 8.87. The molecule has 0 bridgehead atoms. The highest BCUT2D eigenvalue weighted by Gasteiger charge is 2.33. The zero-order valence-corrected chi connectivity index (χ0v) is 26.9. The number of carbonyl (C=O) groups is 2. The van der Waals surface area contributed by atoms with Gasteiger partial charge in [0.1, 0.15) is 5.75 Å². The van der Waals surface area contributed by atoms with Crippen LogP contribution in [0.4, 0.5) is 10.5 Å². The Morgan fingerprint density at radius 2 is 1.78 bits per heavy atom. The van der Waals surface area contributed by atoms with Gasteiger partial charge >= 0.3 is 6.09 Å². The number of methoxy groups -OCH3 is 1. The average molecular weight is 631 g/mol. The molecule has 0 aromatic heterocycles. The van der Waals surface area contributed by atoms with E-state index in [1.807, 2.05) is 47.4 Å². The minimum Gasteiger partial charge on any atom is -0.494 e. The van der Waals surface area contributed by atoms with Gasteiger partial charge in [-0.1, -0.05) is 54.6 Å². The van der Waals surface area contributed by atoms with Crippen molar-refractivity contribution in [1.29, 1.82) is 0 Å². The summed E-state index contributed by atoms with van der Waals surface area (Å²) in [6.07, 6.45) is 2.26. The van der Waals surface area contributed by atoms with Gasteiger partial charge in [0.15, 0.2) is 0 Å². The lowest BCUT2D eigenvalue weighted by Crippen LogP contribution is -2.46. The number of rotatable bonds is 15. The summed E-state index contributed by atoms with van der Waals surface area (Å²) in [5.41, 5.74) is 5.32. The topological polar surface area (TPSA) is 97.8 Å². The lowest BCUT2D eigenvalue weighted by molar-refractivity contribution is -0.118. The van der Waals surface area contributed by atoms with Crippen molar-refractivity contribution in [3.05, 3.63) is 95.1 Å². The molecule has 9 nitrogen and oxygen atoms in total. The molecule has 246 valence electrons. The van der Waals surface area contributed by atoms with Gasteiger partial charge in [0.05, 0.1) is 38.6 Å². The molecular formula is C37H46N2O7. The summed E-state index contributed by atoms with van der Waals surface area (Å²) in [4.78, 5) is 27.9. The van der Waals surface area contributed by atoms with Gasteiger partial charge in [0.25, 0.3) is 0 Å². The second-order valence-corrected chi connectivity index (χ2v) is 12.0. The molecule has 3 aromatic carbocycles.